The molecule has 0 atom stereocenters. The number of carbonyl (C=O) groups is 1. The number of nitrogens with zero attached hydrogens (tertiary/aromatic N) is 3. The summed E-state index contributed by atoms with van der Waals surface area (Å²) in [7, 11) is 0. The number of amides is 1. The van der Waals surface area contributed by atoms with Gasteiger partial charge in [-0.1, -0.05) is 28.8 Å². The Bertz CT molecular complexity index is 640. The van der Waals surface area contributed by atoms with E-state index < -0.39 is 0 Å². The minimum Gasteiger partial charge on any atom is -0.335 e. The molecule has 5 heteroatoms. The lowest BCUT2D eigenvalue weighted by molar-refractivity contribution is 0.0696. The highest BCUT2D eigenvalue weighted by atomic mass is 79.9. The first-order chi connectivity index (χ1) is 10.3. The summed E-state index contributed by atoms with van der Waals surface area (Å²) in [6, 6.07) is 5.96. The molecule has 0 unspecified atom stereocenters. The predicted molar refractivity (Wildman–Crippen MR) is 86.6 cm³/mol. The fourth-order valence-corrected chi connectivity index (χ4v) is 3.40. The maximum absolute atomic E-state index is 12.8. The van der Waals surface area contributed by atoms with E-state index in [-0.39, 0.29) is 5.91 Å². The van der Waals surface area contributed by atoms with Crippen molar-refractivity contribution in [1.29, 1.82) is 0 Å². The highest BCUT2D eigenvalue weighted by molar-refractivity contribution is 9.09. The van der Waals surface area contributed by atoms with Gasteiger partial charge in [0.1, 0.15) is 0 Å². The largest absolute Gasteiger partial charge is 0.335 e. The maximum Gasteiger partial charge on any atom is 0.254 e. The first kappa shape index (κ1) is 14.4. The van der Waals surface area contributed by atoms with Gasteiger partial charge >= 0.3 is 0 Å². The Morgan fingerprint density at radius 3 is 2.62 bits per heavy atom. The van der Waals surface area contributed by atoms with E-state index in [4.69, 9.17) is 0 Å². The van der Waals surface area contributed by atoms with Gasteiger partial charge in [0.15, 0.2) is 0 Å². The molecular weight excluding hydrogens is 330 g/mol. The zero-order valence-electron chi connectivity index (χ0n) is 11.8. The Labute approximate surface area is 132 Å². The molecule has 2 aromatic rings. The topological polar surface area (TPSA) is 46.1 Å². The van der Waals surface area contributed by atoms with Crippen LogP contribution in [0.3, 0.4) is 0 Å². The Balaban J connectivity index is 1.89. The Hall–Kier alpha value is -1.49. The quantitative estimate of drug-likeness (QED) is 0.796. The fraction of sp³-hybridized carbons (Fsp3) is 0.438. The molecule has 1 aromatic heterocycles. The van der Waals surface area contributed by atoms with E-state index in [1.165, 1.54) is 12.8 Å². The maximum atomic E-state index is 12.8. The van der Waals surface area contributed by atoms with Crippen molar-refractivity contribution in [2.24, 2.45) is 0 Å². The molecule has 21 heavy (non-hydrogen) atoms. The third-order valence-electron chi connectivity index (χ3n) is 4.07. The normalized spacial score (nSPS) is 15.5. The van der Waals surface area contributed by atoms with Gasteiger partial charge < -0.3 is 4.90 Å². The molecule has 1 aliphatic carbocycles. The second kappa shape index (κ2) is 6.52. The van der Waals surface area contributed by atoms with Gasteiger partial charge in [0.05, 0.1) is 11.0 Å². The number of benzene rings is 1. The van der Waals surface area contributed by atoms with Crippen molar-refractivity contribution in [3.05, 3.63) is 36.2 Å². The molecule has 0 aliphatic heterocycles. The van der Waals surface area contributed by atoms with Crippen LogP contribution in [0.4, 0.5) is 0 Å². The van der Waals surface area contributed by atoms with Gasteiger partial charge in [-0.2, -0.15) is 0 Å². The molecule has 1 aliphatic rings. The molecule has 0 N–H and O–H groups in total. The van der Waals surface area contributed by atoms with Crippen molar-refractivity contribution < 1.29 is 4.79 Å². The van der Waals surface area contributed by atoms with E-state index in [0.29, 0.717) is 11.6 Å². The van der Waals surface area contributed by atoms with Crippen LogP contribution in [0.5, 0.6) is 0 Å². The second-order valence-corrected chi connectivity index (χ2v) is 6.18. The van der Waals surface area contributed by atoms with Crippen LogP contribution in [-0.4, -0.2) is 38.7 Å². The predicted octanol–water partition coefficient (Wildman–Crippen LogP) is 3.41. The number of rotatable bonds is 4. The van der Waals surface area contributed by atoms with Crippen molar-refractivity contribution in [3.63, 3.8) is 0 Å². The molecule has 3 rings (SSSR count). The second-order valence-electron chi connectivity index (χ2n) is 5.39. The Morgan fingerprint density at radius 2 is 1.90 bits per heavy atom. The van der Waals surface area contributed by atoms with E-state index in [1.807, 2.05) is 23.1 Å². The van der Waals surface area contributed by atoms with Crippen LogP contribution in [0.15, 0.2) is 30.6 Å². The Morgan fingerprint density at radius 1 is 1.19 bits per heavy atom. The zero-order valence-corrected chi connectivity index (χ0v) is 13.4. The average molecular weight is 348 g/mol. The molecule has 0 saturated heterocycles. The highest BCUT2D eigenvalue weighted by Crippen LogP contribution is 2.25. The lowest BCUT2D eigenvalue weighted by Crippen LogP contribution is -2.40. The first-order valence-corrected chi connectivity index (χ1v) is 8.49. The standard InChI is InChI=1S/C16H18BrN3O/c17-7-10-20(13-3-1-2-4-13)16(21)12-5-6-14-15(11-12)19-9-8-18-14/h5-6,8-9,11,13H,1-4,7,10H2. The van der Waals surface area contributed by atoms with Gasteiger partial charge in [-0.25, -0.2) is 0 Å². The van der Waals surface area contributed by atoms with Gasteiger partial charge in [-0.15, -0.1) is 0 Å². The SMILES string of the molecule is O=C(c1ccc2nccnc2c1)N(CCBr)C1CCCC1. The summed E-state index contributed by atoms with van der Waals surface area (Å²) in [6.07, 6.45) is 8.00. The molecule has 0 spiro atoms. The number of aromatic nitrogens is 2. The minimum absolute atomic E-state index is 0.105. The molecule has 4 nitrogen and oxygen atoms in total. The summed E-state index contributed by atoms with van der Waals surface area (Å²) in [5.74, 6) is 0.105. The molecular formula is C16H18BrN3O. The van der Waals surface area contributed by atoms with Crippen LogP contribution in [-0.2, 0) is 0 Å². The molecule has 1 saturated carbocycles. The number of halogens is 1. The molecule has 0 bridgehead atoms. The molecule has 0 radical (unpaired) electrons. The number of hydrogen-bond acceptors (Lipinski definition) is 3. The van der Waals surface area contributed by atoms with Crippen molar-refractivity contribution in [3.8, 4) is 0 Å². The molecule has 1 amide bonds. The Kier molecular flexibility index (Phi) is 4.48. The van der Waals surface area contributed by atoms with Crippen LogP contribution in [0.2, 0.25) is 0 Å². The van der Waals surface area contributed by atoms with Gasteiger partial charge in [-0.05, 0) is 31.0 Å². The summed E-state index contributed by atoms with van der Waals surface area (Å²) in [5.41, 5.74) is 2.30. The monoisotopic (exact) mass is 347 g/mol. The van der Waals surface area contributed by atoms with Gasteiger partial charge in [0, 0.05) is 35.9 Å². The van der Waals surface area contributed by atoms with Crippen LogP contribution in [0, 0.1) is 0 Å². The minimum atomic E-state index is 0.105. The lowest BCUT2D eigenvalue weighted by atomic mass is 10.1. The van der Waals surface area contributed by atoms with E-state index in [2.05, 4.69) is 25.9 Å². The molecule has 1 aromatic carbocycles. The number of hydrogen-bond donors (Lipinski definition) is 0. The van der Waals surface area contributed by atoms with Crippen LogP contribution < -0.4 is 0 Å². The van der Waals surface area contributed by atoms with Crippen molar-refractivity contribution in [2.45, 2.75) is 31.7 Å². The van der Waals surface area contributed by atoms with Crippen LogP contribution in [0.25, 0.3) is 11.0 Å². The summed E-state index contributed by atoms with van der Waals surface area (Å²) < 4.78 is 0. The van der Waals surface area contributed by atoms with Crippen molar-refractivity contribution in [2.75, 3.05) is 11.9 Å². The van der Waals surface area contributed by atoms with Crippen LogP contribution in [0.1, 0.15) is 36.0 Å². The van der Waals surface area contributed by atoms with Gasteiger partial charge in [0.2, 0.25) is 0 Å². The molecule has 110 valence electrons. The smallest absolute Gasteiger partial charge is 0.254 e. The summed E-state index contributed by atoms with van der Waals surface area (Å²) in [4.78, 5) is 23.4. The van der Waals surface area contributed by atoms with Crippen molar-refractivity contribution >= 4 is 32.9 Å². The van der Waals surface area contributed by atoms with Gasteiger partial charge in [0.25, 0.3) is 5.91 Å². The number of alkyl halides is 1. The lowest BCUT2D eigenvalue weighted by Gasteiger charge is -2.28. The number of fused-ring (bicyclic) bond motifs is 1. The van der Waals surface area contributed by atoms with E-state index in [9.17, 15) is 4.79 Å². The van der Waals surface area contributed by atoms with E-state index in [1.54, 1.807) is 12.4 Å². The van der Waals surface area contributed by atoms with Crippen molar-refractivity contribution in [1.82, 2.24) is 14.9 Å². The number of carbonyl (C=O) groups excluding carboxylic acids is 1. The zero-order chi connectivity index (χ0) is 14.7. The summed E-state index contributed by atoms with van der Waals surface area (Å²) in [5, 5.41) is 0.808. The fourth-order valence-electron chi connectivity index (χ4n) is 3.02. The third-order valence-corrected chi connectivity index (χ3v) is 4.42. The summed E-state index contributed by atoms with van der Waals surface area (Å²) >= 11 is 3.46. The average Bonchev–Trinajstić information content (AvgIpc) is 3.05. The van der Waals surface area contributed by atoms with E-state index in [0.717, 1.165) is 35.7 Å². The highest BCUT2D eigenvalue weighted by Gasteiger charge is 2.27. The van der Waals surface area contributed by atoms with Crippen LogP contribution >= 0.6 is 15.9 Å². The molecule has 1 heterocycles. The first-order valence-electron chi connectivity index (χ1n) is 7.37. The van der Waals surface area contributed by atoms with E-state index >= 15 is 0 Å². The summed E-state index contributed by atoms with van der Waals surface area (Å²) in [6.45, 7) is 0.752. The van der Waals surface area contributed by atoms with Gasteiger partial charge in [-0.3, -0.25) is 14.8 Å². The molecule has 1 fully saturated rings. The third kappa shape index (κ3) is 3.07.